The van der Waals surface area contributed by atoms with Crippen LogP contribution in [-0.4, -0.2) is 32.1 Å². The second kappa shape index (κ2) is 7.50. The highest BCUT2D eigenvalue weighted by atomic mass is 19.1. The van der Waals surface area contributed by atoms with Crippen LogP contribution >= 0.6 is 0 Å². The van der Waals surface area contributed by atoms with Crippen molar-refractivity contribution in [3.63, 3.8) is 0 Å². The summed E-state index contributed by atoms with van der Waals surface area (Å²) in [7, 11) is 0. The zero-order valence-electron chi connectivity index (χ0n) is 15.5. The lowest BCUT2D eigenvalue weighted by Crippen LogP contribution is -2.41. The first-order chi connectivity index (χ1) is 13.5. The smallest absolute Gasteiger partial charge is 0.257 e. The summed E-state index contributed by atoms with van der Waals surface area (Å²) >= 11 is 0. The molecule has 0 saturated carbocycles. The number of rotatable bonds is 4. The number of fused-ring (bicyclic) bond motifs is 1. The Kier molecular flexibility index (Phi) is 4.90. The number of carbonyl (C=O) groups is 1. The molecule has 1 aliphatic heterocycles. The number of amides is 1. The zero-order valence-corrected chi connectivity index (χ0v) is 15.5. The van der Waals surface area contributed by atoms with E-state index in [1.54, 1.807) is 0 Å². The fourth-order valence-corrected chi connectivity index (χ4v) is 3.67. The molecule has 2 aromatic carbocycles. The third-order valence-electron chi connectivity index (χ3n) is 5.02. The minimum absolute atomic E-state index is 0.0508. The first-order valence-electron chi connectivity index (χ1n) is 9.24. The average Bonchev–Trinajstić information content (AvgIpc) is 3.12. The van der Waals surface area contributed by atoms with Gasteiger partial charge in [-0.1, -0.05) is 30.3 Å². The number of benzene rings is 2. The largest absolute Gasteiger partial charge is 0.329 e. The third-order valence-corrected chi connectivity index (χ3v) is 5.02. The Balaban J connectivity index is 1.52. The summed E-state index contributed by atoms with van der Waals surface area (Å²) in [5.41, 5.74) is 0.964. The topological polar surface area (TPSA) is 51.0 Å². The van der Waals surface area contributed by atoms with Crippen LogP contribution in [0.2, 0.25) is 0 Å². The molecule has 1 amide bonds. The maximum atomic E-state index is 14.0. The molecule has 0 aliphatic carbocycles. The number of aryl methyl sites for hydroxylation is 2. The molecule has 4 rings (SSSR count). The van der Waals surface area contributed by atoms with Crippen LogP contribution in [0.4, 0.5) is 8.78 Å². The van der Waals surface area contributed by atoms with Gasteiger partial charge in [0.15, 0.2) is 5.82 Å². The lowest BCUT2D eigenvalue weighted by atomic mass is 10.1. The van der Waals surface area contributed by atoms with Gasteiger partial charge in [-0.3, -0.25) is 4.79 Å². The van der Waals surface area contributed by atoms with E-state index in [0.717, 1.165) is 36.9 Å². The van der Waals surface area contributed by atoms with Gasteiger partial charge in [-0.2, -0.15) is 0 Å². The van der Waals surface area contributed by atoms with E-state index < -0.39 is 17.5 Å². The van der Waals surface area contributed by atoms with Crippen LogP contribution in [0.1, 0.15) is 40.5 Å². The fourth-order valence-electron chi connectivity index (χ4n) is 3.67. The zero-order chi connectivity index (χ0) is 19.7. The van der Waals surface area contributed by atoms with E-state index in [-0.39, 0.29) is 18.2 Å². The van der Waals surface area contributed by atoms with Gasteiger partial charge >= 0.3 is 0 Å². The first kappa shape index (κ1) is 18.3. The minimum atomic E-state index is -0.727. The van der Waals surface area contributed by atoms with Gasteiger partial charge in [0.05, 0.1) is 18.2 Å². The molecule has 0 bridgehead atoms. The maximum Gasteiger partial charge on any atom is 0.257 e. The Hall–Kier alpha value is -3.09. The van der Waals surface area contributed by atoms with Crippen molar-refractivity contribution in [3.05, 3.63) is 82.9 Å². The molecule has 1 aliphatic rings. The second-order valence-electron chi connectivity index (χ2n) is 7.05. The second-order valence-corrected chi connectivity index (χ2v) is 7.05. The summed E-state index contributed by atoms with van der Waals surface area (Å²) in [4.78, 5) is 14.2. The highest BCUT2D eigenvalue weighted by molar-refractivity contribution is 5.94. The van der Waals surface area contributed by atoms with Gasteiger partial charge in [-0.15, -0.1) is 10.2 Å². The number of halogens is 2. The molecule has 2 heterocycles. The van der Waals surface area contributed by atoms with Gasteiger partial charge in [0.25, 0.3) is 5.91 Å². The fraction of sp³-hybridized carbons (Fsp3) is 0.286. The lowest BCUT2D eigenvalue weighted by Gasteiger charge is -2.32. The number of hydrogen-bond donors (Lipinski definition) is 0. The van der Waals surface area contributed by atoms with Crippen LogP contribution in [0.3, 0.4) is 0 Å². The van der Waals surface area contributed by atoms with Gasteiger partial charge in [0.2, 0.25) is 0 Å². The monoisotopic (exact) mass is 382 g/mol. The number of nitrogens with zero attached hydrogens (tertiary/aromatic N) is 4. The van der Waals surface area contributed by atoms with Crippen LogP contribution in [0.25, 0.3) is 0 Å². The van der Waals surface area contributed by atoms with Crippen LogP contribution in [0.5, 0.6) is 0 Å². The Morgan fingerprint density at radius 2 is 1.89 bits per heavy atom. The van der Waals surface area contributed by atoms with Crippen LogP contribution in [0, 0.1) is 11.6 Å². The van der Waals surface area contributed by atoms with Crippen molar-refractivity contribution in [1.29, 1.82) is 0 Å². The Morgan fingerprint density at radius 3 is 2.68 bits per heavy atom. The van der Waals surface area contributed by atoms with E-state index in [2.05, 4.69) is 26.9 Å². The minimum Gasteiger partial charge on any atom is -0.329 e. The molecule has 7 heteroatoms. The molecule has 0 saturated heterocycles. The van der Waals surface area contributed by atoms with Gasteiger partial charge in [0.1, 0.15) is 17.5 Å². The molecule has 5 nitrogen and oxygen atoms in total. The van der Waals surface area contributed by atoms with E-state index in [1.807, 2.05) is 25.1 Å². The van der Waals surface area contributed by atoms with Gasteiger partial charge in [-0.05, 0) is 37.1 Å². The molecule has 1 aromatic heterocycles. The Morgan fingerprint density at radius 1 is 1.11 bits per heavy atom. The number of hydrogen-bond acceptors (Lipinski definition) is 3. The summed E-state index contributed by atoms with van der Waals surface area (Å²) in [5, 5.41) is 8.54. The summed E-state index contributed by atoms with van der Waals surface area (Å²) in [6.07, 6.45) is 1.59. The summed E-state index contributed by atoms with van der Waals surface area (Å²) in [5.74, 6) is -0.373. The molecule has 0 spiro atoms. The van der Waals surface area contributed by atoms with Crippen molar-refractivity contribution in [2.24, 2.45) is 0 Å². The highest BCUT2D eigenvalue weighted by Gasteiger charge is 2.30. The summed E-state index contributed by atoms with van der Waals surface area (Å²) < 4.78 is 29.5. The van der Waals surface area contributed by atoms with E-state index in [1.165, 1.54) is 10.5 Å². The van der Waals surface area contributed by atoms with Crippen LogP contribution < -0.4 is 0 Å². The van der Waals surface area contributed by atoms with Gasteiger partial charge in [-0.25, -0.2) is 8.78 Å². The molecule has 0 fully saturated rings. The lowest BCUT2D eigenvalue weighted by molar-refractivity contribution is 0.0674. The highest BCUT2D eigenvalue weighted by Crippen LogP contribution is 2.24. The molecule has 0 unspecified atom stereocenters. The SMILES string of the molecule is C[C@H]1CN(C(=O)c2cc(F)ccc2F)Cc2nnc(CCc3ccccc3)n21. The normalized spacial score (nSPS) is 16.1. The van der Waals surface area contributed by atoms with Crippen molar-refractivity contribution in [2.75, 3.05) is 6.54 Å². The number of aromatic nitrogens is 3. The van der Waals surface area contributed by atoms with E-state index in [9.17, 15) is 13.6 Å². The van der Waals surface area contributed by atoms with Crippen LogP contribution in [-0.2, 0) is 19.4 Å². The average molecular weight is 382 g/mol. The molecular weight excluding hydrogens is 362 g/mol. The van der Waals surface area contributed by atoms with Crippen molar-refractivity contribution in [2.45, 2.75) is 32.4 Å². The van der Waals surface area contributed by atoms with Gasteiger partial charge < -0.3 is 9.47 Å². The third kappa shape index (κ3) is 3.52. The van der Waals surface area contributed by atoms with Crippen molar-refractivity contribution < 1.29 is 13.6 Å². The van der Waals surface area contributed by atoms with E-state index in [4.69, 9.17) is 0 Å². The maximum absolute atomic E-state index is 14.0. The predicted molar refractivity (Wildman–Crippen MR) is 99.7 cm³/mol. The predicted octanol–water partition coefficient (Wildman–Crippen LogP) is 3.56. The summed E-state index contributed by atoms with van der Waals surface area (Å²) in [6, 6.07) is 13.0. The molecule has 144 valence electrons. The number of carbonyl (C=O) groups excluding carboxylic acids is 1. The molecular formula is C21H20F2N4O. The molecule has 1 atom stereocenters. The Bertz CT molecular complexity index is 1000. The van der Waals surface area contributed by atoms with E-state index >= 15 is 0 Å². The molecule has 0 N–H and O–H groups in total. The van der Waals surface area contributed by atoms with Gasteiger partial charge in [0, 0.05) is 13.0 Å². The molecule has 0 radical (unpaired) electrons. The van der Waals surface area contributed by atoms with Crippen molar-refractivity contribution >= 4 is 5.91 Å². The molecule has 28 heavy (non-hydrogen) atoms. The van der Waals surface area contributed by atoms with E-state index in [0.29, 0.717) is 12.4 Å². The molecule has 3 aromatic rings. The summed E-state index contributed by atoms with van der Waals surface area (Å²) in [6.45, 7) is 2.58. The quantitative estimate of drug-likeness (QED) is 0.693. The van der Waals surface area contributed by atoms with Crippen LogP contribution in [0.15, 0.2) is 48.5 Å². The van der Waals surface area contributed by atoms with Crippen molar-refractivity contribution in [3.8, 4) is 0 Å². The first-order valence-corrected chi connectivity index (χ1v) is 9.24. The van der Waals surface area contributed by atoms with Crippen molar-refractivity contribution in [1.82, 2.24) is 19.7 Å². The Labute approximate surface area is 161 Å². The standard InChI is InChI=1S/C21H20F2N4O/c1-14-12-26(21(28)17-11-16(22)8-9-18(17)23)13-20-25-24-19(27(14)20)10-7-15-5-3-2-4-6-15/h2-6,8-9,11,14H,7,10,12-13H2,1H3/t14-/m0/s1.